The quantitative estimate of drug-likeness (QED) is 0.326. The molecule has 3 heteroatoms. The Morgan fingerprint density at radius 1 is 1.03 bits per heavy atom. The Morgan fingerprint density at radius 3 is 2.65 bits per heavy atom. The van der Waals surface area contributed by atoms with Gasteiger partial charge in [0.2, 0.25) is 5.78 Å². The smallest absolute Gasteiger partial charge is 0.228 e. The van der Waals surface area contributed by atoms with Crippen LogP contribution in [0, 0.1) is 6.92 Å². The summed E-state index contributed by atoms with van der Waals surface area (Å²) in [5.74, 6) is 1.24. The first-order valence-corrected chi connectivity index (χ1v) is 11.0. The van der Waals surface area contributed by atoms with Crippen molar-refractivity contribution in [2.75, 3.05) is 0 Å². The topological polar surface area (TPSA) is 34.9 Å². The number of carbonyl (C=O) groups excluding carboxylic acids is 1. The minimum absolute atomic E-state index is 0.0303. The molecule has 1 heterocycles. The van der Waals surface area contributed by atoms with E-state index in [4.69, 9.17) is 0 Å². The largest absolute Gasteiger partial charge is 0.321 e. The van der Waals surface area contributed by atoms with E-state index in [1.165, 1.54) is 24.0 Å². The fourth-order valence-electron chi connectivity index (χ4n) is 4.07. The van der Waals surface area contributed by atoms with E-state index < -0.39 is 0 Å². The number of hydrogen-bond acceptors (Lipinski definition) is 2. The van der Waals surface area contributed by atoms with Crippen LogP contribution < -0.4 is 0 Å². The lowest BCUT2D eigenvalue weighted by Crippen LogP contribution is -2.11. The Morgan fingerprint density at radius 2 is 1.84 bits per heavy atom. The van der Waals surface area contributed by atoms with Gasteiger partial charge in [-0.25, -0.2) is 4.98 Å². The zero-order valence-corrected chi connectivity index (χ0v) is 17.8. The number of hydrogen-bond donors (Lipinski definition) is 0. The maximum Gasteiger partial charge on any atom is 0.228 e. The lowest BCUT2D eigenvalue weighted by atomic mass is 10.1. The predicted molar refractivity (Wildman–Crippen MR) is 126 cm³/mol. The van der Waals surface area contributed by atoms with Crippen LogP contribution in [-0.4, -0.2) is 15.3 Å². The summed E-state index contributed by atoms with van der Waals surface area (Å²) in [6, 6.07) is 24.5. The number of fused-ring (bicyclic) bond motifs is 1. The number of para-hydroxylation sites is 2. The van der Waals surface area contributed by atoms with Gasteiger partial charge in [-0.05, 0) is 55.4 Å². The molecular weight excluding hydrogens is 380 g/mol. The molecule has 4 aromatic rings. The van der Waals surface area contributed by atoms with Gasteiger partial charge in [0, 0.05) is 12.1 Å². The maximum absolute atomic E-state index is 13.2. The van der Waals surface area contributed by atoms with Crippen molar-refractivity contribution in [3.63, 3.8) is 0 Å². The summed E-state index contributed by atoms with van der Waals surface area (Å²) in [4.78, 5) is 17.9. The van der Waals surface area contributed by atoms with Gasteiger partial charge >= 0.3 is 0 Å². The van der Waals surface area contributed by atoms with Crippen molar-refractivity contribution in [2.45, 2.75) is 38.6 Å². The molecule has 3 nitrogen and oxygen atoms in total. The van der Waals surface area contributed by atoms with Crippen LogP contribution in [0.4, 0.5) is 0 Å². The summed E-state index contributed by atoms with van der Waals surface area (Å²) in [6.07, 6.45) is 7.85. The van der Waals surface area contributed by atoms with Gasteiger partial charge in [-0.1, -0.05) is 78.4 Å². The molecule has 0 radical (unpaired) electrons. The number of aryl methyl sites for hydroxylation is 2. The van der Waals surface area contributed by atoms with E-state index in [0.717, 1.165) is 28.9 Å². The van der Waals surface area contributed by atoms with E-state index in [1.807, 2.05) is 55.5 Å². The molecule has 0 amide bonds. The van der Waals surface area contributed by atoms with Crippen LogP contribution in [0.2, 0.25) is 0 Å². The van der Waals surface area contributed by atoms with E-state index in [1.54, 1.807) is 0 Å². The monoisotopic (exact) mass is 406 g/mol. The summed E-state index contributed by atoms with van der Waals surface area (Å²) < 4.78 is 2.06. The van der Waals surface area contributed by atoms with Gasteiger partial charge in [-0.3, -0.25) is 4.79 Å². The summed E-state index contributed by atoms with van der Waals surface area (Å²) in [6.45, 7) is 2.74. The number of aromatic nitrogens is 2. The number of rotatable bonds is 7. The Kier molecular flexibility index (Phi) is 5.25. The van der Waals surface area contributed by atoms with E-state index in [2.05, 4.69) is 46.0 Å². The van der Waals surface area contributed by atoms with Gasteiger partial charge in [0.25, 0.3) is 0 Å². The highest BCUT2D eigenvalue weighted by molar-refractivity contribution is 6.08. The first-order valence-electron chi connectivity index (χ1n) is 11.0. The highest BCUT2D eigenvalue weighted by Gasteiger charge is 2.23. The van der Waals surface area contributed by atoms with E-state index in [-0.39, 0.29) is 5.78 Å². The van der Waals surface area contributed by atoms with Crippen LogP contribution in [-0.2, 0) is 6.54 Å². The molecule has 154 valence electrons. The number of imidazole rings is 1. The minimum atomic E-state index is -0.0303. The normalized spacial score (nSPS) is 13.8. The van der Waals surface area contributed by atoms with Gasteiger partial charge in [0.1, 0.15) is 0 Å². The Bertz CT molecular complexity index is 1260. The van der Waals surface area contributed by atoms with Crippen LogP contribution in [0.3, 0.4) is 0 Å². The lowest BCUT2D eigenvalue weighted by Gasteiger charge is -2.08. The highest BCUT2D eigenvalue weighted by Crippen LogP contribution is 2.40. The first kappa shape index (κ1) is 19.5. The fraction of sp³-hybridized carbons (Fsp3) is 0.214. The summed E-state index contributed by atoms with van der Waals surface area (Å²) in [7, 11) is 0. The van der Waals surface area contributed by atoms with Gasteiger partial charge < -0.3 is 4.57 Å². The molecule has 0 bridgehead atoms. The Labute approximate surface area is 183 Å². The molecule has 1 aromatic heterocycles. The summed E-state index contributed by atoms with van der Waals surface area (Å²) >= 11 is 0. The van der Waals surface area contributed by atoms with Crippen molar-refractivity contribution >= 4 is 22.9 Å². The molecule has 0 aliphatic heterocycles. The van der Waals surface area contributed by atoms with Gasteiger partial charge in [0.15, 0.2) is 5.82 Å². The first-order chi connectivity index (χ1) is 15.2. The molecule has 3 aromatic carbocycles. The highest BCUT2D eigenvalue weighted by atomic mass is 16.1. The average Bonchev–Trinajstić information content (AvgIpc) is 3.59. The van der Waals surface area contributed by atoms with E-state index >= 15 is 0 Å². The van der Waals surface area contributed by atoms with Crippen molar-refractivity contribution in [1.82, 2.24) is 9.55 Å². The minimum Gasteiger partial charge on any atom is -0.321 e. The van der Waals surface area contributed by atoms with Crippen molar-refractivity contribution in [1.29, 1.82) is 0 Å². The molecule has 1 aliphatic carbocycles. The van der Waals surface area contributed by atoms with Crippen LogP contribution in [0.1, 0.15) is 58.1 Å². The number of nitrogens with zero attached hydrogens (tertiary/aromatic N) is 2. The molecule has 1 fully saturated rings. The zero-order valence-electron chi connectivity index (χ0n) is 17.8. The fourth-order valence-corrected chi connectivity index (χ4v) is 4.07. The zero-order chi connectivity index (χ0) is 21.2. The Balaban J connectivity index is 1.38. The SMILES string of the molecule is Cc1ccc(C(=O)c2nc3ccccc3n2CC/C=C/c2cccc(C3CC3)c2)cc1. The predicted octanol–water partition coefficient (Wildman–Crippen LogP) is 6.56. The third-order valence-electron chi connectivity index (χ3n) is 5.96. The third kappa shape index (κ3) is 4.22. The van der Waals surface area contributed by atoms with Crippen LogP contribution in [0.25, 0.3) is 17.1 Å². The molecule has 1 aliphatic rings. The van der Waals surface area contributed by atoms with Crippen molar-refractivity contribution in [3.8, 4) is 0 Å². The third-order valence-corrected chi connectivity index (χ3v) is 5.96. The van der Waals surface area contributed by atoms with Crippen LogP contribution in [0.5, 0.6) is 0 Å². The number of carbonyl (C=O) groups is 1. The molecule has 0 spiro atoms. The van der Waals surface area contributed by atoms with E-state index in [9.17, 15) is 4.79 Å². The molecule has 31 heavy (non-hydrogen) atoms. The number of allylic oxidation sites excluding steroid dienone is 1. The van der Waals surface area contributed by atoms with Crippen LogP contribution >= 0.6 is 0 Å². The molecule has 0 atom stereocenters. The molecule has 0 saturated heterocycles. The van der Waals surface area contributed by atoms with Crippen molar-refractivity contribution in [3.05, 3.63) is 107 Å². The van der Waals surface area contributed by atoms with Crippen molar-refractivity contribution in [2.24, 2.45) is 0 Å². The van der Waals surface area contributed by atoms with Crippen molar-refractivity contribution < 1.29 is 4.79 Å². The maximum atomic E-state index is 13.2. The second kappa shape index (κ2) is 8.35. The van der Waals surface area contributed by atoms with Gasteiger partial charge in [0.05, 0.1) is 11.0 Å². The summed E-state index contributed by atoms with van der Waals surface area (Å²) in [5.41, 5.74) is 6.38. The summed E-state index contributed by atoms with van der Waals surface area (Å²) in [5, 5.41) is 0. The second-order valence-corrected chi connectivity index (χ2v) is 8.41. The number of benzene rings is 3. The van der Waals surface area contributed by atoms with Gasteiger partial charge in [-0.15, -0.1) is 0 Å². The molecule has 1 saturated carbocycles. The molecule has 0 N–H and O–H groups in total. The lowest BCUT2D eigenvalue weighted by molar-refractivity contribution is 0.102. The standard InChI is InChI=1S/C28H26N2O/c1-20-12-14-23(15-13-20)27(31)28-29-25-10-2-3-11-26(25)30(28)18-5-4-7-21-8-6-9-24(19-21)22-16-17-22/h2-4,6-15,19,22H,5,16-18H2,1H3/b7-4+. The molecule has 5 rings (SSSR count). The molecule has 0 unspecified atom stereocenters. The number of ketones is 1. The molecular formula is C28H26N2O. The second-order valence-electron chi connectivity index (χ2n) is 8.41. The van der Waals surface area contributed by atoms with Crippen LogP contribution in [0.15, 0.2) is 78.9 Å². The van der Waals surface area contributed by atoms with Gasteiger partial charge in [-0.2, -0.15) is 0 Å². The van der Waals surface area contributed by atoms with E-state index in [0.29, 0.717) is 17.9 Å². The Hall–Kier alpha value is -3.46. The average molecular weight is 407 g/mol.